The molecular formula is C21H20F3N3O5S. The van der Waals surface area contributed by atoms with Gasteiger partial charge in [-0.1, -0.05) is 5.16 Å². The van der Waals surface area contributed by atoms with E-state index >= 15 is 0 Å². The summed E-state index contributed by atoms with van der Waals surface area (Å²) in [5.74, 6) is -2.11. The van der Waals surface area contributed by atoms with Gasteiger partial charge in [-0.25, -0.2) is 9.78 Å². The minimum atomic E-state index is -4.73. The number of thiazole rings is 1. The van der Waals surface area contributed by atoms with E-state index in [2.05, 4.69) is 10.1 Å². The van der Waals surface area contributed by atoms with E-state index < -0.39 is 29.4 Å². The quantitative estimate of drug-likeness (QED) is 0.475. The first-order valence-corrected chi connectivity index (χ1v) is 11.1. The van der Waals surface area contributed by atoms with Gasteiger partial charge in [-0.15, -0.1) is 11.3 Å². The van der Waals surface area contributed by atoms with E-state index in [1.807, 2.05) is 0 Å². The Kier molecular flexibility index (Phi) is 6.28. The zero-order valence-electron chi connectivity index (χ0n) is 17.8. The van der Waals surface area contributed by atoms with E-state index in [0.717, 1.165) is 11.1 Å². The molecule has 0 aromatic carbocycles. The summed E-state index contributed by atoms with van der Waals surface area (Å²) >= 11 is 1.41. The topological polar surface area (TPSA) is 98.7 Å². The van der Waals surface area contributed by atoms with Crippen molar-refractivity contribution >= 4 is 23.2 Å². The number of amides is 1. The van der Waals surface area contributed by atoms with Gasteiger partial charge >= 0.3 is 12.1 Å². The number of aryl methyl sites for hydroxylation is 1. The van der Waals surface area contributed by atoms with Gasteiger partial charge in [-0.05, 0) is 32.8 Å². The molecule has 8 nitrogen and oxygen atoms in total. The van der Waals surface area contributed by atoms with E-state index in [9.17, 15) is 22.8 Å². The van der Waals surface area contributed by atoms with Crippen molar-refractivity contribution in [3.05, 3.63) is 45.3 Å². The van der Waals surface area contributed by atoms with Crippen LogP contribution in [0.4, 0.5) is 13.2 Å². The molecule has 0 unspecified atom stereocenters. The lowest BCUT2D eigenvalue weighted by molar-refractivity contribution is -0.153. The summed E-state index contributed by atoms with van der Waals surface area (Å²) in [6, 6.07) is 2.59. The number of likely N-dealkylation sites (tertiary alicyclic amines) is 1. The Morgan fingerprint density at radius 1 is 1.27 bits per heavy atom. The summed E-state index contributed by atoms with van der Waals surface area (Å²) in [6.45, 7) is 3.89. The lowest BCUT2D eigenvalue weighted by Gasteiger charge is -2.31. The van der Waals surface area contributed by atoms with Gasteiger partial charge in [0.2, 0.25) is 5.76 Å². The first-order chi connectivity index (χ1) is 15.7. The number of hydrogen-bond donors (Lipinski definition) is 0. The number of furan rings is 1. The third kappa shape index (κ3) is 4.80. The van der Waals surface area contributed by atoms with Gasteiger partial charge in [0.15, 0.2) is 11.5 Å². The predicted octanol–water partition coefficient (Wildman–Crippen LogP) is 4.91. The highest BCUT2D eigenvalue weighted by Gasteiger charge is 2.41. The number of hydrogen-bond acceptors (Lipinski definition) is 8. The fraction of sp³-hybridized carbons (Fsp3) is 0.429. The molecule has 3 aromatic heterocycles. The van der Waals surface area contributed by atoms with Crippen LogP contribution in [0.3, 0.4) is 0 Å². The molecule has 0 atom stereocenters. The Bertz CT molecular complexity index is 1160. The van der Waals surface area contributed by atoms with E-state index in [1.54, 1.807) is 12.3 Å². The van der Waals surface area contributed by atoms with Crippen LogP contribution in [-0.4, -0.2) is 46.6 Å². The third-order valence-corrected chi connectivity index (χ3v) is 6.25. The smallest absolute Gasteiger partial charge is 0.450 e. The van der Waals surface area contributed by atoms with Crippen molar-refractivity contribution in [1.29, 1.82) is 0 Å². The van der Waals surface area contributed by atoms with E-state index in [0.29, 0.717) is 37.4 Å². The molecular weight excluding hydrogens is 463 g/mol. The Labute approximate surface area is 190 Å². The molecule has 0 radical (unpaired) electrons. The fourth-order valence-electron chi connectivity index (χ4n) is 3.67. The summed E-state index contributed by atoms with van der Waals surface area (Å²) in [6.07, 6.45) is -3.62. The van der Waals surface area contributed by atoms with Gasteiger partial charge in [-0.2, -0.15) is 13.2 Å². The molecule has 1 aliphatic heterocycles. The monoisotopic (exact) mass is 483 g/mol. The highest BCUT2D eigenvalue weighted by atomic mass is 32.1. The van der Waals surface area contributed by atoms with Crippen molar-refractivity contribution in [3.8, 4) is 11.5 Å². The molecule has 4 heterocycles. The van der Waals surface area contributed by atoms with E-state index in [4.69, 9.17) is 13.7 Å². The molecule has 0 aliphatic carbocycles. The van der Waals surface area contributed by atoms with Crippen LogP contribution in [0.1, 0.15) is 63.1 Å². The standard InChI is InChI=1S/C21H20F3N3O5S/c1-3-30-20(29)14-9-16(32-26-14)15-10-33-18(25-15)12-4-6-27(7-5-12)19(28)13-8-11(2)31-17(13)21(22,23)24/h8-10,12H,3-7H2,1-2H3. The highest BCUT2D eigenvalue weighted by Crippen LogP contribution is 2.37. The molecule has 33 heavy (non-hydrogen) atoms. The number of carbonyl (C=O) groups excluding carboxylic acids is 2. The molecule has 4 rings (SSSR count). The number of nitrogens with zero attached hydrogens (tertiary/aromatic N) is 3. The maximum atomic E-state index is 13.2. The van der Waals surface area contributed by atoms with Crippen molar-refractivity contribution in [2.24, 2.45) is 0 Å². The summed E-state index contributed by atoms with van der Waals surface area (Å²) in [4.78, 5) is 30.4. The lowest BCUT2D eigenvalue weighted by Crippen LogP contribution is -2.38. The molecule has 1 saturated heterocycles. The molecule has 1 amide bonds. The van der Waals surface area contributed by atoms with E-state index in [-0.39, 0.29) is 24.0 Å². The largest absolute Gasteiger partial charge is 0.461 e. The van der Waals surface area contributed by atoms with Gasteiger partial charge in [-0.3, -0.25) is 4.79 Å². The lowest BCUT2D eigenvalue weighted by atomic mass is 9.97. The molecule has 0 bridgehead atoms. The molecule has 0 saturated carbocycles. The number of carbonyl (C=O) groups is 2. The summed E-state index contributed by atoms with van der Waals surface area (Å²) in [7, 11) is 0. The normalized spacial score (nSPS) is 15.1. The van der Waals surface area contributed by atoms with Crippen LogP contribution < -0.4 is 0 Å². The number of alkyl halides is 3. The Morgan fingerprint density at radius 3 is 2.67 bits per heavy atom. The van der Waals surface area contributed by atoms with Crippen LogP contribution >= 0.6 is 11.3 Å². The second kappa shape index (κ2) is 9.00. The van der Waals surface area contributed by atoms with Crippen molar-refractivity contribution in [2.45, 2.75) is 38.8 Å². The first-order valence-electron chi connectivity index (χ1n) is 10.2. The number of aromatic nitrogens is 2. The molecule has 0 N–H and O–H groups in total. The van der Waals surface area contributed by atoms with Gasteiger partial charge in [0.05, 0.1) is 17.2 Å². The van der Waals surface area contributed by atoms with Crippen molar-refractivity contribution in [3.63, 3.8) is 0 Å². The van der Waals surface area contributed by atoms with Gasteiger partial charge < -0.3 is 18.6 Å². The van der Waals surface area contributed by atoms with Crippen LogP contribution in [0, 0.1) is 6.92 Å². The van der Waals surface area contributed by atoms with Crippen molar-refractivity contribution in [1.82, 2.24) is 15.0 Å². The maximum absolute atomic E-state index is 13.2. The zero-order valence-corrected chi connectivity index (χ0v) is 18.6. The number of esters is 1. The van der Waals surface area contributed by atoms with Crippen LogP contribution in [-0.2, 0) is 10.9 Å². The van der Waals surface area contributed by atoms with Crippen molar-refractivity contribution in [2.75, 3.05) is 19.7 Å². The van der Waals surface area contributed by atoms with Gasteiger partial charge in [0.25, 0.3) is 5.91 Å². The number of rotatable bonds is 5. The average Bonchev–Trinajstić information content (AvgIpc) is 3.52. The third-order valence-electron chi connectivity index (χ3n) is 5.24. The van der Waals surface area contributed by atoms with Crippen molar-refractivity contribution < 1.29 is 36.4 Å². The fourth-order valence-corrected chi connectivity index (χ4v) is 4.65. The van der Waals surface area contributed by atoms with Crippen LogP contribution in [0.5, 0.6) is 0 Å². The molecule has 0 spiro atoms. The summed E-state index contributed by atoms with van der Waals surface area (Å²) in [5.41, 5.74) is 0.124. The second-order valence-corrected chi connectivity index (χ2v) is 8.42. The predicted molar refractivity (Wildman–Crippen MR) is 110 cm³/mol. The van der Waals surface area contributed by atoms with Crippen LogP contribution in [0.15, 0.2) is 26.5 Å². The second-order valence-electron chi connectivity index (χ2n) is 7.53. The average molecular weight is 483 g/mol. The number of ether oxygens (including phenoxy) is 1. The molecule has 176 valence electrons. The van der Waals surface area contributed by atoms with Gasteiger partial charge in [0.1, 0.15) is 11.5 Å². The summed E-state index contributed by atoms with van der Waals surface area (Å²) < 4.78 is 54.4. The molecule has 12 heteroatoms. The van der Waals surface area contributed by atoms with Crippen LogP contribution in [0.25, 0.3) is 11.5 Å². The molecule has 3 aromatic rings. The minimum absolute atomic E-state index is 0.0365. The Morgan fingerprint density at radius 2 is 2.00 bits per heavy atom. The Hall–Kier alpha value is -3.15. The number of halogens is 3. The van der Waals surface area contributed by atoms with Crippen LogP contribution in [0.2, 0.25) is 0 Å². The first kappa shape index (κ1) is 23.0. The Balaban J connectivity index is 1.41. The minimum Gasteiger partial charge on any atom is -0.461 e. The summed E-state index contributed by atoms with van der Waals surface area (Å²) in [5, 5.41) is 6.30. The highest BCUT2D eigenvalue weighted by molar-refractivity contribution is 7.10. The molecule has 1 fully saturated rings. The molecule has 1 aliphatic rings. The SMILES string of the molecule is CCOC(=O)c1cc(-c2csc(C3CCN(C(=O)c4cc(C)oc4C(F)(F)F)CC3)n2)on1. The maximum Gasteiger partial charge on any atom is 0.450 e. The van der Waals surface area contributed by atoms with E-state index in [1.165, 1.54) is 29.2 Å². The number of piperidine rings is 1. The zero-order chi connectivity index (χ0) is 23.8. The van der Waals surface area contributed by atoms with Gasteiger partial charge in [0, 0.05) is 30.5 Å².